The number of amides is 1. The first kappa shape index (κ1) is 22.1. The van der Waals surface area contributed by atoms with Crippen molar-refractivity contribution in [2.24, 2.45) is 0 Å². The number of methoxy groups -OCH3 is 2. The molecule has 6 nitrogen and oxygen atoms in total. The standard InChI is InChI=1S/C29H22N2O4/c1-33-20-14-11-19(12-15-20)26-23(17-30)29(31-28(32)22-9-5-6-10-24(22)34-2)35-25-16-13-18-7-3-4-8-21(18)27(25)26/h3-16,26H,1-2H3,(H,31,32). The summed E-state index contributed by atoms with van der Waals surface area (Å²) >= 11 is 0. The fourth-order valence-electron chi connectivity index (χ4n) is 4.44. The van der Waals surface area contributed by atoms with Crippen molar-refractivity contribution in [1.29, 1.82) is 5.26 Å². The molecule has 1 heterocycles. The molecule has 4 aromatic rings. The zero-order valence-electron chi connectivity index (χ0n) is 19.2. The summed E-state index contributed by atoms with van der Waals surface area (Å²) in [5.74, 6) is 0.951. The molecule has 0 radical (unpaired) electrons. The monoisotopic (exact) mass is 462 g/mol. The Morgan fingerprint density at radius 1 is 0.914 bits per heavy atom. The quantitative estimate of drug-likeness (QED) is 0.421. The van der Waals surface area contributed by atoms with Crippen molar-refractivity contribution >= 4 is 16.7 Å². The van der Waals surface area contributed by atoms with Crippen LogP contribution in [0.25, 0.3) is 10.8 Å². The molecule has 0 saturated heterocycles. The maximum Gasteiger partial charge on any atom is 0.261 e. The number of nitrogens with one attached hydrogen (secondary N) is 1. The molecular weight excluding hydrogens is 440 g/mol. The van der Waals surface area contributed by atoms with Gasteiger partial charge in [-0.2, -0.15) is 5.26 Å². The van der Waals surface area contributed by atoms with Crippen LogP contribution in [0.2, 0.25) is 0 Å². The van der Waals surface area contributed by atoms with E-state index >= 15 is 0 Å². The second kappa shape index (κ2) is 9.24. The van der Waals surface area contributed by atoms with Crippen molar-refractivity contribution in [3.8, 4) is 23.3 Å². The van der Waals surface area contributed by atoms with Crippen LogP contribution in [0.1, 0.15) is 27.4 Å². The van der Waals surface area contributed by atoms with Gasteiger partial charge in [0.05, 0.1) is 25.7 Å². The molecule has 0 spiro atoms. The Morgan fingerprint density at radius 3 is 2.40 bits per heavy atom. The number of fused-ring (bicyclic) bond motifs is 3. The fourth-order valence-corrected chi connectivity index (χ4v) is 4.44. The molecule has 0 aromatic heterocycles. The third-order valence-corrected chi connectivity index (χ3v) is 6.11. The number of carbonyl (C=O) groups is 1. The topological polar surface area (TPSA) is 80.6 Å². The number of rotatable bonds is 5. The SMILES string of the molecule is COc1ccc(C2C(C#N)=C(NC(=O)c3ccccc3OC)Oc3ccc4ccccc4c32)cc1. The van der Waals surface area contributed by atoms with Crippen LogP contribution in [0.5, 0.6) is 17.2 Å². The molecule has 6 heteroatoms. The highest BCUT2D eigenvalue weighted by molar-refractivity contribution is 5.98. The minimum Gasteiger partial charge on any atom is -0.497 e. The zero-order chi connectivity index (χ0) is 24.4. The minimum absolute atomic E-state index is 0.104. The number of carbonyl (C=O) groups excluding carboxylic acids is 1. The van der Waals surface area contributed by atoms with Gasteiger partial charge in [-0.1, -0.05) is 54.6 Å². The van der Waals surface area contributed by atoms with E-state index in [0.29, 0.717) is 28.4 Å². The molecule has 0 aliphatic carbocycles. The van der Waals surface area contributed by atoms with Crippen LogP contribution in [-0.4, -0.2) is 20.1 Å². The summed E-state index contributed by atoms with van der Waals surface area (Å²) in [7, 11) is 3.11. The Kier molecular flexibility index (Phi) is 5.82. The summed E-state index contributed by atoms with van der Waals surface area (Å²) in [6.07, 6.45) is 0. The van der Waals surface area contributed by atoms with Gasteiger partial charge in [-0.15, -0.1) is 0 Å². The van der Waals surface area contributed by atoms with Crippen LogP contribution in [0, 0.1) is 11.3 Å². The molecule has 1 N–H and O–H groups in total. The third-order valence-electron chi connectivity index (χ3n) is 6.11. The van der Waals surface area contributed by atoms with E-state index < -0.39 is 11.8 Å². The smallest absolute Gasteiger partial charge is 0.261 e. The summed E-state index contributed by atoms with van der Waals surface area (Å²) in [4.78, 5) is 13.2. The number of para-hydroxylation sites is 1. The van der Waals surface area contributed by atoms with Gasteiger partial charge in [0, 0.05) is 5.56 Å². The fraction of sp³-hybridized carbons (Fsp3) is 0.103. The van der Waals surface area contributed by atoms with Crippen molar-refractivity contribution in [3.05, 3.63) is 113 Å². The normalized spacial score (nSPS) is 14.5. The Labute approximate surface area is 203 Å². The van der Waals surface area contributed by atoms with Crippen LogP contribution in [0.3, 0.4) is 0 Å². The lowest BCUT2D eigenvalue weighted by molar-refractivity contribution is 0.0944. The van der Waals surface area contributed by atoms with Crippen molar-refractivity contribution < 1.29 is 19.0 Å². The van der Waals surface area contributed by atoms with Crippen molar-refractivity contribution in [3.63, 3.8) is 0 Å². The van der Waals surface area contributed by atoms with E-state index in [1.54, 1.807) is 31.4 Å². The van der Waals surface area contributed by atoms with Crippen LogP contribution in [0.15, 0.2) is 96.4 Å². The van der Waals surface area contributed by atoms with E-state index in [4.69, 9.17) is 14.2 Å². The molecule has 1 aliphatic rings. The molecule has 4 aromatic carbocycles. The van der Waals surface area contributed by atoms with Gasteiger partial charge in [-0.05, 0) is 46.7 Å². The van der Waals surface area contributed by atoms with E-state index in [-0.39, 0.29) is 5.88 Å². The molecule has 1 amide bonds. The van der Waals surface area contributed by atoms with Crippen LogP contribution >= 0.6 is 0 Å². The highest BCUT2D eigenvalue weighted by atomic mass is 16.5. The van der Waals surface area contributed by atoms with Gasteiger partial charge < -0.3 is 14.2 Å². The largest absolute Gasteiger partial charge is 0.497 e. The Morgan fingerprint density at radius 2 is 1.66 bits per heavy atom. The Hall–Kier alpha value is -4.76. The molecule has 1 aliphatic heterocycles. The summed E-state index contributed by atoms with van der Waals surface area (Å²) in [5.41, 5.74) is 2.41. The number of hydrogen-bond acceptors (Lipinski definition) is 5. The van der Waals surface area contributed by atoms with Crippen LogP contribution in [0.4, 0.5) is 0 Å². The first-order valence-corrected chi connectivity index (χ1v) is 11.1. The van der Waals surface area contributed by atoms with Gasteiger partial charge in [-0.3, -0.25) is 10.1 Å². The van der Waals surface area contributed by atoms with Crippen LogP contribution < -0.4 is 19.5 Å². The summed E-state index contributed by atoms with van der Waals surface area (Å²) < 4.78 is 16.8. The van der Waals surface area contributed by atoms with E-state index in [9.17, 15) is 10.1 Å². The van der Waals surface area contributed by atoms with Gasteiger partial charge in [0.2, 0.25) is 5.88 Å². The van der Waals surface area contributed by atoms with Gasteiger partial charge in [0.1, 0.15) is 28.9 Å². The van der Waals surface area contributed by atoms with Gasteiger partial charge in [-0.25, -0.2) is 0 Å². The number of hydrogen-bond donors (Lipinski definition) is 1. The predicted molar refractivity (Wildman–Crippen MR) is 133 cm³/mol. The second-order valence-electron chi connectivity index (χ2n) is 8.02. The highest BCUT2D eigenvalue weighted by Crippen LogP contribution is 2.46. The average molecular weight is 463 g/mol. The number of benzene rings is 4. The van der Waals surface area contributed by atoms with Crippen molar-refractivity contribution in [2.75, 3.05) is 14.2 Å². The maximum atomic E-state index is 13.2. The van der Waals surface area contributed by atoms with Crippen molar-refractivity contribution in [2.45, 2.75) is 5.92 Å². The predicted octanol–water partition coefficient (Wildman–Crippen LogP) is 5.55. The second-order valence-corrected chi connectivity index (χ2v) is 8.02. The van der Waals surface area contributed by atoms with Gasteiger partial charge in [0.15, 0.2) is 0 Å². The molecule has 172 valence electrons. The van der Waals surface area contributed by atoms with Crippen molar-refractivity contribution in [1.82, 2.24) is 5.32 Å². The van der Waals surface area contributed by atoms with E-state index in [1.807, 2.05) is 60.7 Å². The van der Waals surface area contributed by atoms with Gasteiger partial charge >= 0.3 is 0 Å². The van der Waals surface area contributed by atoms with Gasteiger partial charge in [0.25, 0.3) is 5.91 Å². The maximum absolute atomic E-state index is 13.2. The first-order chi connectivity index (χ1) is 17.1. The van der Waals surface area contributed by atoms with E-state index in [2.05, 4.69) is 11.4 Å². The van der Waals surface area contributed by atoms with E-state index in [0.717, 1.165) is 21.9 Å². The Balaban J connectivity index is 1.67. The molecule has 1 atom stereocenters. The molecule has 5 rings (SSSR count). The lowest BCUT2D eigenvalue weighted by Gasteiger charge is -2.29. The van der Waals surface area contributed by atoms with E-state index in [1.165, 1.54) is 7.11 Å². The summed E-state index contributed by atoms with van der Waals surface area (Å²) in [5, 5.41) is 15.1. The molecule has 0 saturated carbocycles. The minimum atomic E-state index is -0.450. The van der Waals surface area contributed by atoms with Crippen LogP contribution in [-0.2, 0) is 0 Å². The highest BCUT2D eigenvalue weighted by Gasteiger charge is 2.34. The molecular formula is C29H22N2O4. The Bertz CT molecular complexity index is 1500. The molecule has 35 heavy (non-hydrogen) atoms. The number of nitrogens with zero attached hydrogens (tertiary/aromatic N) is 1. The number of allylic oxidation sites excluding steroid dienone is 1. The molecule has 1 unspecified atom stereocenters. The average Bonchev–Trinajstić information content (AvgIpc) is 2.92. The lowest BCUT2D eigenvalue weighted by Crippen LogP contribution is -2.31. The summed E-state index contributed by atoms with van der Waals surface area (Å²) in [6, 6.07) is 28.6. The third kappa shape index (κ3) is 3.94. The number of ether oxygens (including phenoxy) is 3. The molecule has 0 fully saturated rings. The lowest BCUT2D eigenvalue weighted by atomic mass is 9.81. The molecule has 0 bridgehead atoms. The zero-order valence-corrected chi connectivity index (χ0v) is 19.2. The first-order valence-electron chi connectivity index (χ1n) is 11.1. The summed E-state index contributed by atoms with van der Waals surface area (Å²) in [6.45, 7) is 0. The number of nitriles is 1.